The number of rotatable bonds is 5. The minimum Gasteiger partial charge on any atom is -0.347 e. The van der Waals surface area contributed by atoms with Crippen molar-refractivity contribution >= 4 is 53.1 Å². The highest BCUT2D eigenvalue weighted by atomic mass is 127. The van der Waals surface area contributed by atoms with Gasteiger partial charge < -0.3 is 15.5 Å². The fraction of sp³-hybridized carbons (Fsp3) is 0.222. The Kier molecular flexibility index (Phi) is 9.30. The predicted molar refractivity (Wildman–Crippen MR) is 115 cm³/mol. The van der Waals surface area contributed by atoms with Crippen molar-refractivity contribution in [3.8, 4) is 0 Å². The fourth-order valence-electron chi connectivity index (χ4n) is 2.25. The fourth-order valence-corrected chi connectivity index (χ4v) is 2.47. The minimum atomic E-state index is -0.126. The average molecular weight is 473 g/mol. The van der Waals surface area contributed by atoms with E-state index in [2.05, 4.69) is 15.6 Å². The summed E-state index contributed by atoms with van der Waals surface area (Å²) >= 11 is 6.00. The first-order chi connectivity index (χ1) is 11.6. The molecule has 134 valence electrons. The Morgan fingerprint density at radius 3 is 2.52 bits per heavy atom. The molecule has 25 heavy (non-hydrogen) atoms. The van der Waals surface area contributed by atoms with Gasteiger partial charge in [0.1, 0.15) is 0 Å². The molecule has 0 saturated carbocycles. The van der Waals surface area contributed by atoms with Crippen LogP contribution >= 0.6 is 35.6 Å². The molecule has 0 aliphatic rings. The molecule has 0 aromatic heterocycles. The monoisotopic (exact) mass is 472 g/mol. The van der Waals surface area contributed by atoms with Gasteiger partial charge in [0, 0.05) is 31.4 Å². The van der Waals surface area contributed by atoms with Gasteiger partial charge in [0.2, 0.25) is 5.91 Å². The molecule has 0 fully saturated rings. The summed E-state index contributed by atoms with van der Waals surface area (Å²) in [5, 5.41) is 6.58. The molecule has 0 saturated heterocycles. The standard InChI is InChI=1S/C18H21ClN4O.HI/c1-20-18(23(2)13-14-7-6-8-15(19)11-14)21-12-17(24)22-16-9-4-3-5-10-16;/h3-11H,12-13H2,1-2H3,(H,20,21)(H,22,24);1H. The first-order valence-corrected chi connectivity index (χ1v) is 7.97. The molecule has 0 aliphatic heterocycles. The van der Waals surface area contributed by atoms with Crippen LogP contribution in [-0.4, -0.2) is 37.4 Å². The van der Waals surface area contributed by atoms with Crippen molar-refractivity contribution in [3.05, 3.63) is 65.2 Å². The van der Waals surface area contributed by atoms with Gasteiger partial charge in [-0.25, -0.2) is 0 Å². The maximum Gasteiger partial charge on any atom is 0.243 e. The number of carbonyl (C=O) groups excluding carboxylic acids is 1. The predicted octanol–water partition coefficient (Wildman–Crippen LogP) is 3.60. The number of hydrogen-bond donors (Lipinski definition) is 2. The first kappa shape index (κ1) is 21.2. The maximum atomic E-state index is 12.0. The third kappa shape index (κ3) is 7.31. The van der Waals surface area contributed by atoms with Crippen molar-refractivity contribution in [3.63, 3.8) is 0 Å². The lowest BCUT2D eigenvalue weighted by atomic mass is 10.2. The Hall–Kier alpha value is -1.80. The van der Waals surface area contributed by atoms with E-state index in [-0.39, 0.29) is 36.4 Å². The number of halogens is 2. The summed E-state index contributed by atoms with van der Waals surface area (Å²) in [6, 6.07) is 17.0. The number of nitrogens with zero attached hydrogens (tertiary/aromatic N) is 2. The van der Waals surface area contributed by atoms with Crippen LogP contribution in [0.15, 0.2) is 59.6 Å². The van der Waals surface area contributed by atoms with Gasteiger partial charge in [0.25, 0.3) is 0 Å². The smallest absolute Gasteiger partial charge is 0.243 e. The molecule has 2 aromatic carbocycles. The maximum absolute atomic E-state index is 12.0. The van der Waals surface area contributed by atoms with Crippen LogP contribution in [0.2, 0.25) is 5.02 Å². The number of aliphatic imine (C=N–C) groups is 1. The summed E-state index contributed by atoms with van der Waals surface area (Å²) in [4.78, 5) is 18.1. The number of nitrogens with one attached hydrogen (secondary N) is 2. The highest BCUT2D eigenvalue weighted by Gasteiger charge is 2.09. The topological polar surface area (TPSA) is 56.7 Å². The molecule has 1 amide bonds. The van der Waals surface area contributed by atoms with E-state index in [0.717, 1.165) is 11.3 Å². The van der Waals surface area contributed by atoms with Gasteiger partial charge in [-0.2, -0.15) is 0 Å². The van der Waals surface area contributed by atoms with E-state index in [9.17, 15) is 4.79 Å². The molecule has 2 aromatic rings. The van der Waals surface area contributed by atoms with Crippen LogP contribution in [0.25, 0.3) is 0 Å². The van der Waals surface area contributed by atoms with Gasteiger partial charge in [0.05, 0.1) is 6.54 Å². The summed E-state index contributed by atoms with van der Waals surface area (Å²) in [7, 11) is 3.59. The molecule has 0 radical (unpaired) electrons. The number of carbonyl (C=O) groups is 1. The van der Waals surface area contributed by atoms with E-state index in [1.54, 1.807) is 7.05 Å². The molecule has 5 nitrogen and oxygen atoms in total. The minimum absolute atomic E-state index is 0. The summed E-state index contributed by atoms with van der Waals surface area (Å²) in [5.74, 6) is 0.511. The molecule has 0 aliphatic carbocycles. The SMILES string of the molecule is CN=C(NCC(=O)Nc1ccccc1)N(C)Cc1cccc(Cl)c1.I. The summed E-state index contributed by atoms with van der Waals surface area (Å²) in [6.07, 6.45) is 0. The molecular formula is C18H22ClIN4O. The zero-order chi connectivity index (χ0) is 17.4. The molecule has 0 atom stereocenters. The molecule has 0 spiro atoms. The quantitative estimate of drug-likeness (QED) is 0.397. The summed E-state index contributed by atoms with van der Waals surface area (Å²) in [6.45, 7) is 0.780. The highest BCUT2D eigenvalue weighted by molar-refractivity contribution is 14.0. The van der Waals surface area contributed by atoms with Crippen LogP contribution in [-0.2, 0) is 11.3 Å². The van der Waals surface area contributed by atoms with Crippen molar-refractivity contribution in [1.29, 1.82) is 0 Å². The number of hydrogen-bond acceptors (Lipinski definition) is 2. The van der Waals surface area contributed by atoms with Gasteiger partial charge in [-0.3, -0.25) is 9.79 Å². The Bertz CT molecular complexity index is 709. The molecule has 2 N–H and O–H groups in total. The van der Waals surface area contributed by atoms with Gasteiger partial charge >= 0.3 is 0 Å². The van der Waals surface area contributed by atoms with Gasteiger partial charge in [-0.05, 0) is 29.8 Å². The lowest BCUT2D eigenvalue weighted by Crippen LogP contribution is -2.42. The van der Waals surface area contributed by atoms with Crippen molar-refractivity contribution in [1.82, 2.24) is 10.2 Å². The number of anilines is 1. The van der Waals surface area contributed by atoms with E-state index < -0.39 is 0 Å². The lowest BCUT2D eigenvalue weighted by Gasteiger charge is -2.22. The second-order valence-corrected chi connectivity index (χ2v) is 5.74. The molecule has 0 bridgehead atoms. The van der Waals surface area contributed by atoms with E-state index in [0.29, 0.717) is 17.5 Å². The Labute approximate surface area is 170 Å². The number of guanidine groups is 1. The normalized spacial score (nSPS) is 10.6. The first-order valence-electron chi connectivity index (χ1n) is 7.59. The molecule has 0 heterocycles. The number of benzene rings is 2. The molecule has 7 heteroatoms. The Morgan fingerprint density at radius 1 is 1.16 bits per heavy atom. The van der Waals surface area contributed by atoms with Gasteiger partial charge in [-0.15, -0.1) is 24.0 Å². The van der Waals surface area contributed by atoms with Crippen molar-refractivity contribution in [2.45, 2.75) is 6.54 Å². The van der Waals surface area contributed by atoms with Crippen LogP contribution in [0, 0.1) is 0 Å². The van der Waals surface area contributed by atoms with E-state index in [1.807, 2.05) is 66.5 Å². The third-order valence-electron chi connectivity index (χ3n) is 3.35. The summed E-state index contributed by atoms with van der Waals surface area (Å²) in [5.41, 5.74) is 1.84. The van der Waals surface area contributed by atoms with Gasteiger partial charge in [0.15, 0.2) is 5.96 Å². The Balaban J connectivity index is 0.00000312. The summed E-state index contributed by atoms with van der Waals surface area (Å²) < 4.78 is 0. The van der Waals surface area contributed by atoms with E-state index in [4.69, 9.17) is 11.6 Å². The highest BCUT2D eigenvalue weighted by Crippen LogP contribution is 2.12. The average Bonchev–Trinajstić information content (AvgIpc) is 2.56. The lowest BCUT2D eigenvalue weighted by molar-refractivity contribution is -0.115. The molecular weight excluding hydrogens is 451 g/mol. The van der Waals surface area contributed by atoms with Gasteiger partial charge in [-0.1, -0.05) is 41.9 Å². The third-order valence-corrected chi connectivity index (χ3v) is 3.58. The van der Waals surface area contributed by atoms with Crippen LogP contribution in [0.4, 0.5) is 5.69 Å². The van der Waals surface area contributed by atoms with Crippen LogP contribution in [0.3, 0.4) is 0 Å². The van der Waals surface area contributed by atoms with Crippen molar-refractivity contribution in [2.75, 3.05) is 26.0 Å². The van der Waals surface area contributed by atoms with Crippen LogP contribution < -0.4 is 10.6 Å². The van der Waals surface area contributed by atoms with Crippen molar-refractivity contribution in [2.24, 2.45) is 4.99 Å². The number of para-hydroxylation sites is 1. The Morgan fingerprint density at radius 2 is 1.88 bits per heavy atom. The largest absolute Gasteiger partial charge is 0.347 e. The second-order valence-electron chi connectivity index (χ2n) is 5.30. The van der Waals surface area contributed by atoms with E-state index in [1.165, 1.54) is 0 Å². The zero-order valence-corrected chi connectivity index (χ0v) is 17.3. The molecule has 0 unspecified atom stereocenters. The second kappa shape index (κ2) is 10.9. The van der Waals surface area contributed by atoms with E-state index >= 15 is 0 Å². The number of amides is 1. The molecule has 2 rings (SSSR count). The van der Waals surface area contributed by atoms with Crippen LogP contribution in [0.1, 0.15) is 5.56 Å². The van der Waals surface area contributed by atoms with Crippen LogP contribution in [0.5, 0.6) is 0 Å². The van der Waals surface area contributed by atoms with Crippen molar-refractivity contribution < 1.29 is 4.79 Å². The zero-order valence-electron chi connectivity index (χ0n) is 14.2.